The summed E-state index contributed by atoms with van der Waals surface area (Å²) >= 11 is 1.42. The molecule has 104 valence electrons. The van der Waals surface area contributed by atoms with E-state index in [4.69, 9.17) is 9.84 Å². The third-order valence-corrected chi connectivity index (χ3v) is 3.67. The quantitative estimate of drug-likeness (QED) is 0.738. The molecular formula is C13H17NO4S. The van der Waals surface area contributed by atoms with Crippen LogP contribution >= 0.6 is 11.8 Å². The molecule has 6 heteroatoms. The highest BCUT2D eigenvalue weighted by Crippen LogP contribution is 2.21. The van der Waals surface area contributed by atoms with E-state index in [1.165, 1.54) is 18.9 Å². The summed E-state index contributed by atoms with van der Waals surface area (Å²) in [5.41, 5.74) is 1.11. The van der Waals surface area contributed by atoms with Crippen molar-refractivity contribution in [1.82, 2.24) is 5.32 Å². The summed E-state index contributed by atoms with van der Waals surface area (Å²) in [4.78, 5) is 23.3. The molecule has 0 saturated carbocycles. The molecule has 1 amide bonds. The molecule has 0 aromatic heterocycles. The number of aryl methyl sites for hydroxylation is 1. The lowest BCUT2D eigenvalue weighted by Crippen LogP contribution is -2.38. The normalized spacial score (nSPS) is 11.9. The van der Waals surface area contributed by atoms with Crippen LogP contribution in [0.4, 0.5) is 0 Å². The molecule has 0 bridgehead atoms. The number of carbonyl (C=O) groups excluding carboxylic acids is 1. The Morgan fingerprint density at radius 3 is 2.68 bits per heavy atom. The molecule has 0 heterocycles. The lowest BCUT2D eigenvalue weighted by molar-refractivity contribution is -0.148. The molecule has 5 nitrogen and oxygen atoms in total. The van der Waals surface area contributed by atoms with E-state index in [1.807, 2.05) is 31.2 Å². The van der Waals surface area contributed by atoms with Crippen molar-refractivity contribution < 1.29 is 19.4 Å². The summed E-state index contributed by atoms with van der Waals surface area (Å²) in [5, 5.41) is 11.3. The van der Waals surface area contributed by atoms with E-state index in [-0.39, 0.29) is 18.2 Å². The number of carboxylic acids is 1. The Bertz CT molecular complexity index is 450. The monoisotopic (exact) mass is 283 g/mol. The minimum absolute atomic E-state index is 0.0288. The summed E-state index contributed by atoms with van der Waals surface area (Å²) < 4.78 is 4.72. The molecule has 1 atom stereocenters. The van der Waals surface area contributed by atoms with Gasteiger partial charge in [0, 0.05) is 12.0 Å². The standard InChI is InChI=1S/C13H17NO4S/c1-9-5-3-4-6-11(9)19-8-12(15)14-7-10(18-2)13(16)17/h3-6,10H,7-8H2,1-2H3,(H,14,15)(H,16,17). The van der Waals surface area contributed by atoms with Crippen LogP contribution in [0.15, 0.2) is 29.2 Å². The first-order valence-electron chi connectivity index (χ1n) is 5.75. The van der Waals surface area contributed by atoms with Crippen LogP contribution in [0.2, 0.25) is 0 Å². The topological polar surface area (TPSA) is 75.6 Å². The van der Waals surface area contributed by atoms with Gasteiger partial charge in [-0.3, -0.25) is 4.79 Å². The maximum absolute atomic E-state index is 11.6. The van der Waals surface area contributed by atoms with Crippen LogP contribution in [0.3, 0.4) is 0 Å². The van der Waals surface area contributed by atoms with Crippen molar-refractivity contribution in [2.75, 3.05) is 19.4 Å². The Balaban J connectivity index is 2.36. The molecule has 0 saturated heterocycles. The Morgan fingerprint density at radius 2 is 2.11 bits per heavy atom. The Morgan fingerprint density at radius 1 is 1.42 bits per heavy atom. The van der Waals surface area contributed by atoms with Crippen LogP contribution in [0, 0.1) is 6.92 Å². The molecule has 19 heavy (non-hydrogen) atoms. The van der Waals surface area contributed by atoms with Crippen molar-refractivity contribution in [3.05, 3.63) is 29.8 Å². The molecule has 1 unspecified atom stereocenters. The largest absolute Gasteiger partial charge is 0.479 e. The highest BCUT2D eigenvalue weighted by molar-refractivity contribution is 8.00. The first kappa shape index (κ1) is 15.5. The zero-order chi connectivity index (χ0) is 14.3. The van der Waals surface area contributed by atoms with Gasteiger partial charge in [0.1, 0.15) is 0 Å². The number of benzene rings is 1. The number of hydrogen-bond acceptors (Lipinski definition) is 4. The van der Waals surface area contributed by atoms with Crippen molar-refractivity contribution in [1.29, 1.82) is 0 Å². The van der Waals surface area contributed by atoms with E-state index in [0.29, 0.717) is 0 Å². The zero-order valence-corrected chi connectivity index (χ0v) is 11.7. The molecule has 0 fully saturated rings. The van der Waals surface area contributed by atoms with Crippen LogP contribution in [-0.2, 0) is 14.3 Å². The van der Waals surface area contributed by atoms with Crippen molar-refractivity contribution in [3.8, 4) is 0 Å². The van der Waals surface area contributed by atoms with E-state index in [2.05, 4.69) is 5.32 Å². The fourth-order valence-corrected chi connectivity index (χ4v) is 2.25. The molecule has 0 aliphatic carbocycles. The van der Waals surface area contributed by atoms with Gasteiger partial charge >= 0.3 is 5.97 Å². The van der Waals surface area contributed by atoms with E-state index in [0.717, 1.165) is 10.5 Å². The van der Waals surface area contributed by atoms with Gasteiger partial charge in [-0.15, -0.1) is 11.8 Å². The van der Waals surface area contributed by atoms with Gasteiger partial charge in [0.2, 0.25) is 5.91 Å². The lowest BCUT2D eigenvalue weighted by atomic mass is 10.2. The number of carbonyl (C=O) groups is 2. The number of ether oxygens (including phenoxy) is 1. The third kappa shape index (κ3) is 5.32. The molecular weight excluding hydrogens is 266 g/mol. The van der Waals surface area contributed by atoms with Gasteiger partial charge in [-0.25, -0.2) is 4.79 Å². The first-order valence-corrected chi connectivity index (χ1v) is 6.74. The average Bonchev–Trinajstić information content (AvgIpc) is 2.38. The van der Waals surface area contributed by atoms with Gasteiger partial charge < -0.3 is 15.2 Å². The number of nitrogens with one attached hydrogen (secondary N) is 1. The molecule has 0 aliphatic rings. The van der Waals surface area contributed by atoms with Crippen molar-refractivity contribution in [2.45, 2.75) is 17.9 Å². The molecule has 0 spiro atoms. The Kier molecular flexibility index (Phi) is 6.38. The van der Waals surface area contributed by atoms with Crippen LogP contribution in [0.5, 0.6) is 0 Å². The van der Waals surface area contributed by atoms with E-state index in [9.17, 15) is 9.59 Å². The molecule has 2 N–H and O–H groups in total. The molecule has 0 aliphatic heterocycles. The molecule has 1 aromatic carbocycles. The number of methoxy groups -OCH3 is 1. The zero-order valence-electron chi connectivity index (χ0n) is 10.9. The van der Waals surface area contributed by atoms with Crippen LogP contribution in [-0.4, -0.2) is 42.5 Å². The molecule has 0 radical (unpaired) electrons. The fourth-order valence-electron chi connectivity index (χ4n) is 1.39. The van der Waals surface area contributed by atoms with Crippen LogP contribution < -0.4 is 5.32 Å². The summed E-state index contributed by atoms with van der Waals surface area (Å²) in [5.74, 6) is -1.05. The Hall–Kier alpha value is -1.53. The average molecular weight is 283 g/mol. The van der Waals surface area contributed by atoms with Gasteiger partial charge in [-0.05, 0) is 18.6 Å². The minimum Gasteiger partial charge on any atom is -0.479 e. The second-order valence-corrected chi connectivity index (χ2v) is 4.94. The smallest absolute Gasteiger partial charge is 0.334 e. The van der Waals surface area contributed by atoms with Gasteiger partial charge in [0.15, 0.2) is 6.10 Å². The van der Waals surface area contributed by atoms with Crippen molar-refractivity contribution in [3.63, 3.8) is 0 Å². The van der Waals surface area contributed by atoms with Gasteiger partial charge in [-0.2, -0.15) is 0 Å². The lowest BCUT2D eigenvalue weighted by Gasteiger charge is -2.11. The van der Waals surface area contributed by atoms with Gasteiger partial charge in [0.05, 0.1) is 12.3 Å². The van der Waals surface area contributed by atoms with Gasteiger partial charge in [-0.1, -0.05) is 18.2 Å². The highest BCUT2D eigenvalue weighted by Gasteiger charge is 2.17. The maximum Gasteiger partial charge on any atom is 0.334 e. The van der Waals surface area contributed by atoms with E-state index in [1.54, 1.807) is 0 Å². The molecule has 1 rings (SSSR count). The van der Waals surface area contributed by atoms with Crippen molar-refractivity contribution in [2.24, 2.45) is 0 Å². The SMILES string of the molecule is COC(CNC(=O)CSc1ccccc1C)C(=O)O. The third-order valence-electron chi connectivity index (χ3n) is 2.50. The number of rotatable bonds is 7. The second kappa shape index (κ2) is 7.81. The summed E-state index contributed by atoms with van der Waals surface area (Å²) in [6.07, 6.45) is -1.01. The summed E-state index contributed by atoms with van der Waals surface area (Å²) in [6.45, 7) is 1.95. The van der Waals surface area contributed by atoms with Crippen LogP contribution in [0.25, 0.3) is 0 Å². The predicted octanol–water partition coefficient (Wildman–Crippen LogP) is 1.30. The molecule has 1 aromatic rings. The predicted molar refractivity (Wildman–Crippen MR) is 73.3 cm³/mol. The second-order valence-electron chi connectivity index (χ2n) is 3.92. The van der Waals surface area contributed by atoms with Gasteiger partial charge in [0.25, 0.3) is 0 Å². The van der Waals surface area contributed by atoms with E-state index < -0.39 is 12.1 Å². The highest BCUT2D eigenvalue weighted by atomic mass is 32.2. The van der Waals surface area contributed by atoms with Crippen LogP contribution in [0.1, 0.15) is 5.56 Å². The van der Waals surface area contributed by atoms with E-state index >= 15 is 0 Å². The Labute approximate surface area is 116 Å². The number of carboxylic acid groups (broad SMARTS) is 1. The minimum atomic E-state index is -1.09. The number of amides is 1. The fraction of sp³-hybridized carbons (Fsp3) is 0.385. The number of hydrogen-bond donors (Lipinski definition) is 2. The summed E-state index contributed by atoms with van der Waals surface area (Å²) in [7, 11) is 1.30. The first-order chi connectivity index (χ1) is 9.04. The summed E-state index contributed by atoms with van der Waals surface area (Å²) in [6, 6.07) is 7.78. The number of thioether (sulfide) groups is 1. The van der Waals surface area contributed by atoms with Crippen molar-refractivity contribution >= 4 is 23.6 Å². The number of aliphatic carboxylic acids is 1. The maximum atomic E-state index is 11.6.